The van der Waals surface area contributed by atoms with E-state index in [2.05, 4.69) is 33.7 Å². The standard InChI is InChI=1S/C12H26N4OS/c1-3-13-12(15-5-11-18-2)14-4-6-16-7-9-17-10-8-16/h3-11H2,1-2H3,(H2,13,14,15). The van der Waals surface area contributed by atoms with Gasteiger partial charge in [0.1, 0.15) is 0 Å². The Hall–Kier alpha value is -0.460. The van der Waals surface area contributed by atoms with Crippen LogP contribution in [0.2, 0.25) is 0 Å². The average Bonchev–Trinajstić information content (AvgIpc) is 2.40. The van der Waals surface area contributed by atoms with Crippen molar-refractivity contribution in [2.75, 3.05) is 64.5 Å². The maximum atomic E-state index is 5.33. The Balaban J connectivity index is 2.20. The number of thioether (sulfide) groups is 1. The van der Waals surface area contributed by atoms with Gasteiger partial charge in [-0.25, -0.2) is 0 Å². The van der Waals surface area contributed by atoms with Crippen LogP contribution >= 0.6 is 11.8 Å². The predicted octanol–water partition coefficient (Wildman–Crippen LogP) is 0.237. The number of guanidine groups is 1. The van der Waals surface area contributed by atoms with Crippen molar-refractivity contribution in [1.82, 2.24) is 15.5 Å². The smallest absolute Gasteiger partial charge is 0.191 e. The van der Waals surface area contributed by atoms with Crippen LogP contribution < -0.4 is 10.6 Å². The molecule has 6 heteroatoms. The van der Waals surface area contributed by atoms with Gasteiger partial charge in [-0.3, -0.25) is 9.89 Å². The molecule has 0 aromatic rings. The zero-order valence-corrected chi connectivity index (χ0v) is 12.4. The number of hydrogen-bond donors (Lipinski definition) is 2. The average molecular weight is 274 g/mol. The van der Waals surface area contributed by atoms with E-state index in [0.717, 1.165) is 64.2 Å². The van der Waals surface area contributed by atoms with Crippen molar-refractivity contribution in [3.63, 3.8) is 0 Å². The fraction of sp³-hybridized carbons (Fsp3) is 0.917. The van der Waals surface area contributed by atoms with Gasteiger partial charge in [-0.05, 0) is 13.2 Å². The summed E-state index contributed by atoms with van der Waals surface area (Å²) in [5.41, 5.74) is 0. The van der Waals surface area contributed by atoms with E-state index in [4.69, 9.17) is 4.74 Å². The van der Waals surface area contributed by atoms with Crippen LogP contribution in [0, 0.1) is 0 Å². The number of nitrogens with one attached hydrogen (secondary N) is 2. The number of hydrogen-bond acceptors (Lipinski definition) is 4. The third-order valence-corrected chi connectivity index (χ3v) is 3.35. The number of morpholine rings is 1. The van der Waals surface area contributed by atoms with Crippen LogP contribution in [0.5, 0.6) is 0 Å². The summed E-state index contributed by atoms with van der Waals surface area (Å²) in [7, 11) is 0. The zero-order chi connectivity index (χ0) is 13.1. The van der Waals surface area contributed by atoms with E-state index in [1.807, 2.05) is 11.8 Å². The highest BCUT2D eigenvalue weighted by atomic mass is 32.2. The van der Waals surface area contributed by atoms with Crippen molar-refractivity contribution in [3.05, 3.63) is 0 Å². The lowest BCUT2D eigenvalue weighted by molar-refractivity contribution is 0.0394. The lowest BCUT2D eigenvalue weighted by Gasteiger charge is -2.25. The number of nitrogens with zero attached hydrogens (tertiary/aromatic N) is 2. The van der Waals surface area contributed by atoms with Crippen LogP contribution in [-0.4, -0.2) is 75.4 Å². The van der Waals surface area contributed by atoms with Crippen molar-refractivity contribution in [2.45, 2.75) is 6.92 Å². The Kier molecular flexibility index (Phi) is 9.06. The summed E-state index contributed by atoms with van der Waals surface area (Å²) >= 11 is 1.84. The van der Waals surface area contributed by atoms with Crippen molar-refractivity contribution >= 4 is 17.7 Å². The largest absolute Gasteiger partial charge is 0.379 e. The molecule has 0 spiro atoms. The third-order valence-electron chi connectivity index (χ3n) is 2.73. The zero-order valence-electron chi connectivity index (χ0n) is 11.6. The molecule has 18 heavy (non-hydrogen) atoms. The van der Waals surface area contributed by atoms with Crippen molar-refractivity contribution in [2.24, 2.45) is 4.99 Å². The minimum absolute atomic E-state index is 0.842. The van der Waals surface area contributed by atoms with Crippen LogP contribution in [0.25, 0.3) is 0 Å². The summed E-state index contributed by atoms with van der Waals surface area (Å²) in [4.78, 5) is 6.98. The maximum absolute atomic E-state index is 5.33. The van der Waals surface area contributed by atoms with Crippen LogP contribution in [0.4, 0.5) is 0 Å². The molecule has 0 aromatic heterocycles. The Morgan fingerprint density at radius 1 is 1.33 bits per heavy atom. The number of aliphatic imine (C=N–C) groups is 1. The van der Waals surface area contributed by atoms with Gasteiger partial charge in [0.25, 0.3) is 0 Å². The molecular weight excluding hydrogens is 248 g/mol. The molecule has 0 atom stereocenters. The van der Waals surface area contributed by atoms with Gasteiger partial charge in [-0.15, -0.1) is 0 Å². The second-order valence-electron chi connectivity index (χ2n) is 4.13. The van der Waals surface area contributed by atoms with Crippen molar-refractivity contribution in [3.8, 4) is 0 Å². The van der Waals surface area contributed by atoms with E-state index in [9.17, 15) is 0 Å². The normalized spacial score (nSPS) is 17.8. The second-order valence-corrected chi connectivity index (χ2v) is 5.12. The molecule has 1 aliphatic heterocycles. The van der Waals surface area contributed by atoms with Crippen LogP contribution in [-0.2, 0) is 4.74 Å². The van der Waals surface area contributed by atoms with Crippen LogP contribution in [0.1, 0.15) is 6.92 Å². The molecular formula is C12H26N4OS. The molecule has 1 fully saturated rings. The fourth-order valence-electron chi connectivity index (χ4n) is 1.74. The van der Waals surface area contributed by atoms with Gasteiger partial charge >= 0.3 is 0 Å². The van der Waals surface area contributed by atoms with Crippen LogP contribution in [0.3, 0.4) is 0 Å². The first-order chi connectivity index (χ1) is 8.86. The summed E-state index contributed by atoms with van der Waals surface area (Å²) in [6, 6.07) is 0. The number of ether oxygens (including phenoxy) is 1. The monoisotopic (exact) mass is 274 g/mol. The highest BCUT2D eigenvalue weighted by molar-refractivity contribution is 7.98. The Bertz CT molecular complexity index is 232. The molecule has 0 bridgehead atoms. The van der Waals surface area contributed by atoms with Gasteiger partial charge < -0.3 is 15.4 Å². The van der Waals surface area contributed by atoms with Gasteiger partial charge in [-0.1, -0.05) is 0 Å². The summed E-state index contributed by atoms with van der Waals surface area (Å²) in [5, 5.41) is 6.60. The fourth-order valence-corrected chi connectivity index (χ4v) is 2.05. The van der Waals surface area contributed by atoms with Crippen molar-refractivity contribution < 1.29 is 4.74 Å². The molecule has 0 aromatic carbocycles. The highest BCUT2D eigenvalue weighted by Gasteiger charge is 2.08. The molecule has 0 aliphatic carbocycles. The quantitative estimate of drug-likeness (QED) is 0.396. The van der Waals surface area contributed by atoms with E-state index in [1.165, 1.54) is 0 Å². The molecule has 1 heterocycles. The van der Waals surface area contributed by atoms with Gasteiger partial charge in [-0.2, -0.15) is 11.8 Å². The predicted molar refractivity (Wildman–Crippen MR) is 79.6 cm³/mol. The minimum Gasteiger partial charge on any atom is -0.379 e. The Morgan fingerprint density at radius 2 is 2.11 bits per heavy atom. The maximum Gasteiger partial charge on any atom is 0.191 e. The number of rotatable bonds is 7. The molecule has 0 radical (unpaired) electrons. The second kappa shape index (κ2) is 10.5. The van der Waals surface area contributed by atoms with Crippen molar-refractivity contribution in [1.29, 1.82) is 0 Å². The van der Waals surface area contributed by atoms with Crippen LogP contribution in [0.15, 0.2) is 4.99 Å². The molecule has 1 aliphatic rings. The van der Waals surface area contributed by atoms with Gasteiger partial charge in [0.15, 0.2) is 5.96 Å². The third kappa shape index (κ3) is 7.08. The lowest BCUT2D eigenvalue weighted by Crippen LogP contribution is -2.40. The van der Waals surface area contributed by atoms with E-state index in [1.54, 1.807) is 0 Å². The summed E-state index contributed by atoms with van der Waals surface area (Å²) in [5.74, 6) is 2.04. The molecule has 0 saturated carbocycles. The molecule has 5 nitrogen and oxygen atoms in total. The molecule has 2 N–H and O–H groups in total. The van der Waals surface area contributed by atoms with E-state index in [-0.39, 0.29) is 0 Å². The summed E-state index contributed by atoms with van der Waals surface area (Å²) < 4.78 is 5.33. The summed E-state index contributed by atoms with van der Waals surface area (Å²) in [6.45, 7) is 9.60. The first-order valence-electron chi connectivity index (χ1n) is 6.68. The molecule has 0 amide bonds. The van der Waals surface area contributed by atoms with Gasteiger partial charge in [0, 0.05) is 38.5 Å². The van der Waals surface area contributed by atoms with E-state index in [0.29, 0.717) is 0 Å². The summed E-state index contributed by atoms with van der Waals surface area (Å²) in [6.07, 6.45) is 2.12. The van der Waals surface area contributed by atoms with Gasteiger partial charge in [0.05, 0.1) is 19.8 Å². The first kappa shape index (κ1) is 15.6. The molecule has 0 unspecified atom stereocenters. The lowest BCUT2D eigenvalue weighted by atomic mass is 10.4. The van der Waals surface area contributed by atoms with Gasteiger partial charge in [0.2, 0.25) is 0 Å². The molecule has 1 rings (SSSR count). The molecule has 1 saturated heterocycles. The molecule has 106 valence electrons. The Morgan fingerprint density at radius 3 is 2.78 bits per heavy atom. The van der Waals surface area contributed by atoms with E-state index < -0.39 is 0 Å². The van der Waals surface area contributed by atoms with E-state index >= 15 is 0 Å². The minimum atomic E-state index is 0.842. The first-order valence-corrected chi connectivity index (χ1v) is 8.07. The SMILES string of the molecule is CCNC(=NCCN1CCOCC1)NCCSC. The Labute approximate surface area is 115 Å². The highest BCUT2D eigenvalue weighted by Crippen LogP contribution is 1.95. The topological polar surface area (TPSA) is 48.9 Å².